The Hall–Kier alpha value is -3.28. The Labute approximate surface area is 157 Å². The summed E-state index contributed by atoms with van der Waals surface area (Å²) in [5.74, 6) is -0.127. The maximum absolute atomic E-state index is 12.9. The summed E-state index contributed by atoms with van der Waals surface area (Å²) in [7, 11) is 0. The van der Waals surface area contributed by atoms with Gasteiger partial charge in [-0.3, -0.25) is 14.6 Å². The van der Waals surface area contributed by atoms with Crippen molar-refractivity contribution in [3.63, 3.8) is 0 Å². The van der Waals surface area contributed by atoms with Crippen LogP contribution in [0.15, 0.2) is 59.7 Å². The van der Waals surface area contributed by atoms with E-state index in [1.54, 1.807) is 23.4 Å². The fourth-order valence-electron chi connectivity index (χ4n) is 3.43. The molecular formula is C21H20N4O2. The molecule has 0 aliphatic carbocycles. The van der Waals surface area contributed by atoms with Gasteiger partial charge in [0, 0.05) is 36.3 Å². The predicted molar refractivity (Wildman–Crippen MR) is 104 cm³/mol. The van der Waals surface area contributed by atoms with Crippen molar-refractivity contribution in [3.8, 4) is 11.3 Å². The van der Waals surface area contributed by atoms with Crippen LogP contribution < -0.4 is 10.5 Å². The van der Waals surface area contributed by atoms with Gasteiger partial charge in [-0.2, -0.15) is 5.10 Å². The van der Waals surface area contributed by atoms with Crippen molar-refractivity contribution in [2.75, 3.05) is 11.4 Å². The zero-order chi connectivity index (χ0) is 18.8. The van der Waals surface area contributed by atoms with Crippen molar-refractivity contribution in [2.24, 2.45) is 0 Å². The Kier molecular flexibility index (Phi) is 4.54. The first-order valence-electron chi connectivity index (χ1n) is 9.00. The minimum atomic E-state index is -0.294. The number of carbonyl (C=O) groups is 1. The van der Waals surface area contributed by atoms with Crippen molar-refractivity contribution in [2.45, 2.75) is 26.3 Å². The van der Waals surface area contributed by atoms with Crippen LogP contribution in [-0.4, -0.2) is 27.2 Å². The molecule has 4 rings (SSSR count). The normalized spacial score (nSPS) is 13.3. The summed E-state index contributed by atoms with van der Waals surface area (Å²) in [5.41, 5.74) is 4.43. The van der Waals surface area contributed by atoms with Crippen molar-refractivity contribution in [3.05, 3.63) is 76.3 Å². The molecule has 0 radical (unpaired) electrons. The molecule has 0 atom stereocenters. The highest BCUT2D eigenvalue weighted by molar-refractivity contribution is 5.94. The number of amides is 1. The number of hydrogen-bond donors (Lipinski definition) is 0. The first-order valence-corrected chi connectivity index (χ1v) is 9.00. The zero-order valence-electron chi connectivity index (χ0n) is 15.1. The average molecular weight is 360 g/mol. The van der Waals surface area contributed by atoms with Crippen LogP contribution in [0.2, 0.25) is 0 Å². The molecule has 1 amide bonds. The SMILES string of the molecule is Cc1ccc2c(c1)CCCN2C(=O)Cn1nc(-c2cccnc2)ccc1=O. The van der Waals surface area contributed by atoms with E-state index in [0.717, 1.165) is 24.1 Å². The number of rotatable bonds is 3. The van der Waals surface area contributed by atoms with E-state index in [0.29, 0.717) is 12.2 Å². The van der Waals surface area contributed by atoms with Gasteiger partial charge in [-0.25, -0.2) is 4.68 Å². The largest absolute Gasteiger partial charge is 0.311 e. The lowest BCUT2D eigenvalue weighted by molar-refractivity contribution is -0.119. The Morgan fingerprint density at radius 1 is 1.19 bits per heavy atom. The third-order valence-electron chi connectivity index (χ3n) is 4.76. The molecule has 0 saturated carbocycles. The van der Waals surface area contributed by atoms with Crippen molar-refractivity contribution in [1.82, 2.24) is 14.8 Å². The number of benzene rings is 1. The van der Waals surface area contributed by atoms with E-state index in [-0.39, 0.29) is 18.0 Å². The first kappa shape index (κ1) is 17.1. The van der Waals surface area contributed by atoms with E-state index in [9.17, 15) is 9.59 Å². The van der Waals surface area contributed by atoms with E-state index in [1.807, 2.05) is 24.3 Å². The number of carbonyl (C=O) groups excluding carboxylic acids is 1. The second kappa shape index (κ2) is 7.15. The lowest BCUT2D eigenvalue weighted by atomic mass is 9.99. The van der Waals surface area contributed by atoms with Gasteiger partial charge in [0.15, 0.2) is 0 Å². The Bertz CT molecular complexity index is 1040. The zero-order valence-corrected chi connectivity index (χ0v) is 15.1. The standard InChI is InChI=1S/C21H20N4O2/c1-15-6-8-19-16(12-15)5-3-11-24(19)21(27)14-25-20(26)9-7-18(23-25)17-4-2-10-22-13-17/h2,4,6-10,12-13H,3,5,11,14H2,1H3. The number of aryl methyl sites for hydroxylation is 2. The van der Waals surface area contributed by atoms with Crippen molar-refractivity contribution < 1.29 is 4.79 Å². The number of anilines is 1. The predicted octanol–water partition coefficient (Wildman–Crippen LogP) is 2.59. The molecule has 27 heavy (non-hydrogen) atoms. The first-order chi connectivity index (χ1) is 13.1. The molecule has 1 aliphatic rings. The molecule has 3 aromatic rings. The van der Waals surface area contributed by atoms with Crippen LogP contribution >= 0.6 is 0 Å². The van der Waals surface area contributed by atoms with Gasteiger partial charge in [-0.05, 0) is 49.6 Å². The quantitative estimate of drug-likeness (QED) is 0.720. The number of fused-ring (bicyclic) bond motifs is 1. The molecule has 2 aromatic heterocycles. The van der Waals surface area contributed by atoms with Crippen LogP contribution in [-0.2, 0) is 17.8 Å². The number of aromatic nitrogens is 3. The molecule has 1 aliphatic heterocycles. The van der Waals surface area contributed by atoms with Crippen LogP contribution in [0.1, 0.15) is 17.5 Å². The highest BCUT2D eigenvalue weighted by Crippen LogP contribution is 2.28. The molecule has 0 N–H and O–H groups in total. The van der Waals surface area contributed by atoms with Crippen LogP contribution in [0.3, 0.4) is 0 Å². The number of pyridine rings is 1. The molecule has 0 fully saturated rings. The third-order valence-corrected chi connectivity index (χ3v) is 4.76. The highest BCUT2D eigenvalue weighted by atomic mass is 16.2. The van der Waals surface area contributed by atoms with Crippen LogP contribution in [0.5, 0.6) is 0 Å². The summed E-state index contributed by atoms with van der Waals surface area (Å²) < 4.78 is 1.23. The van der Waals surface area contributed by atoms with E-state index in [2.05, 4.69) is 23.1 Å². The number of hydrogen-bond acceptors (Lipinski definition) is 4. The second-order valence-electron chi connectivity index (χ2n) is 6.74. The maximum atomic E-state index is 12.9. The van der Waals surface area contributed by atoms with Crippen LogP contribution in [0.25, 0.3) is 11.3 Å². The van der Waals surface area contributed by atoms with Gasteiger partial charge in [0.2, 0.25) is 5.91 Å². The molecule has 1 aromatic carbocycles. The van der Waals surface area contributed by atoms with E-state index in [4.69, 9.17) is 0 Å². The average Bonchev–Trinajstić information content (AvgIpc) is 2.69. The van der Waals surface area contributed by atoms with Gasteiger partial charge in [0.1, 0.15) is 6.54 Å². The summed E-state index contributed by atoms with van der Waals surface area (Å²) in [6.45, 7) is 2.63. The van der Waals surface area contributed by atoms with Gasteiger partial charge in [0.05, 0.1) is 5.69 Å². The summed E-state index contributed by atoms with van der Waals surface area (Å²) in [6, 6.07) is 12.9. The monoisotopic (exact) mass is 360 g/mol. The van der Waals surface area contributed by atoms with Crippen LogP contribution in [0, 0.1) is 6.92 Å². The van der Waals surface area contributed by atoms with E-state index >= 15 is 0 Å². The summed E-state index contributed by atoms with van der Waals surface area (Å²) in [4.78, 5) is 31.0. The molecule has 0 unspecified atom stereocenters. The minimum Gasteiger partial charge on any atom is -0.311 e. The van der Waals surface area contributed by atoms with E-state index < -0.39 is 0 Å². The third kappa shape index (κ3) is 3.51. The summed E-state index contributed by atoms with van der Waals surface area (Å²) in [5, 5.41) is 4.36. The molecule has 0 bridgehead atoms. The van der Waals surface area contributed by atoms with Gasteiger partial charge in [-0.15, -0.1) is 0 Å². The minimum absolute atomic E-state index is 0.0831. The van der Waals surface area contributed by atoms with Crippen molar-refractivity contribution in [1.29, 1.82) is 0 Å². The topological polar surface area (TPSA) is 68.1 Å². The Morgan fingerprint density at radius 2 is 2.07 bits per heavy atom. The fraction of sp³-hybridized carbons (Fsp3) is 0.238. The second-order valence-corrected chi connectivity index (χ2v) is 6.74. The fourth-order valence-corrected chi connectivity index (χ4v) is 3.43. The molecular weight excluding hydrogens is 340 g/mol. The molecule has 0 spiro atoms. The van der Waals surface area contributed by atoms with E-state index in [1.165, 1.54) is 21.9 Å². The van der Waals surface area contributed by atoms with Gasteiger partial charge >= 0.3 is 0 Å². The molecule has 3 heterocycles. The number of nitrogens with zero attached hydrogens (tertiary/aromatic N) is 4. The smallest absolute Gasteiger partial charge is 0.267 e. The van der Waals surface area contributed by atoms with Gasteiger partial charge in [0.25, 0.3) is 5.56 Å². The lowest BCUT2D eigenvalue weighted by Gasteiger charge is -2.30. The lowest BCUT2D eigenvalue weighted by Crippen LogP contribution is -2.40. The Morgan fingerprint density at radius 3 is 2.89 bits per heavy atom. The van der Waals surface area contributed by atoms with Gasteiger partial charge < -0.3 is 4.90 Å². The van der Waals surface area contributed by atoms with Gasteiger partial charge in [-0.1, -0.05) is 17.7 Å². The Balaban J connectivity index is 1.62. The van der Waals surface area contributed by atoms with Crippen LogP contribution in [0.4, 0.5) is 5.69 Å². The molecule has 6 nitrogen and oxygen atoms in total. The highest BCUT2D eigenvalue weighted by Gasteiger charge is 2.23. The maximum Gasteiger partial charge on any atom is 0.267 e. The van der Waals surface area contributed by atoms with Crippen molar-refractivity contribution >= 4 is 11.6 Å². The summed E-state index contributed by atoms with van der Waals surface area (Å²) in [6.07, 6.45) is 5.25. The molecule has 6 heteroatoms. The molecule has 0 saturated heterocycles. The molecule has 136 valence electrons. The summed E-state index contributed by atoms with van der Waals surface area (Å²) >= 11 is 0.